The first-order chi connectivity index (χ1) is 13.5. The first-order valence-corrected chi connectivity index (χ1v) is 11.4. The van der Waals surface area contributed by atoms with Crippen LogP contribution in [0.2, 0.25) is 0 Å². The van der Waals surface area contributed by atoms with Gasteiger partial charge in [0.05, 0.1) is 17.9 Å². The van der Waals surface area contributed by atoms with Crippen LogP contribution in [0.25, 0.3) is 0 Å². The minimum absolute atomic E-state index is 0.165. The monoisotopic (exact) mass is 421 g/mol. The number of benzene rings is 1. The summed E-state index contributed by atoms with van der Waals surface area (Å²) in [6.07, 6.45) is 4.22. The highest BCUT2D eigenvalue weighted by molar-refractivity contribution is 7.99. The molecule has 1 saturated heterocycles. The molecular weight excluding hydrogens is 398 g/mol. The summed E-state index contributed by atoms with van der Waals surface area (Å²) in [5.74, 6) is 0.732. The normalized spacial score (nSPS) is 15.2. The van der Waals surface area contributed by atoms with E-state index in [1.165, 1.54) is 22.3 Å². The van der Waals surface area contributed by atoms with Crippen LogP contribution in [0.15, 0.2) is 52.5 Å². The van der Waals surface area contributed by atoms with Gasteiger partial charge >= 0.3 is 0 Å². The molecule has 1 aliphatic heterocycles. The van der Waals surface area contributed by atoms with Gasteiger partial charge in [0.25, 0.3) is 0 Å². The van der Waals surface area contributed by atoms with E-state index in [0.717, 1.165) is 25.0 Å². The lowest BCUT2D eigenvalue weighted by molar-refractivity contribution is -0.113. The quantitative estimate of drug-likeness (QED) is 0.692. The van der Waals surface area contributed by atoms with Crippen LogP contribution in [0, 0.1) is 0 Å². The van der Waals surface area contributed by atoms with Gasteiger partial charge in [0.1, 0.15) is 10.6 Å². The van der Waals surface area contributed by atoms with Gasteiger partial charge in [-0.1, -0.05) is 18.2 Å². The molecule has 1 aromatic heterocycles. The fraction of sp³-hybridized carbons (Fsp3) is 0.368. The minimum atomic E-state index is -3.48. The first-order valence-electron chi connectivity index (χ1n) is 9.02. The molecule has 0 aliphatic carbocycles. The number of rotatable bonds is 7. The lowest BCUT2D eigenvalue weighted by atomic mass is 10.2. The third kappa shape index (κ3) is 5.24. The lowest BCUT2D eigenvalue weighted by Crippen LogP contribution is -2.35. The summed E-state index contributed by atoms with van der Waals surface area (Å²) in [5.41, 5.74) is 0.683. The van der Waals surface area contributed by atoms with Gasteiger partial charge in [0, 0.05) is 25.0 Å². The molecule has 1 N–H and O–H groups in total. The van der Waals surface area contributed by atoms with E-state index in [1.54, 1.807) is 43.5 Å². The SMILES string of the molecule is COc1ccc(NC(=O)CSc2ccc(S(=O)(=O)N3CCCCC3)cn2)cc1. The molecule has 1 fully saturated rings. The van der Waals surface area contributed by atoms with Crippen LogP contribution in [0.3, 0.4) is 0 Å². The Morgan fingerprint density at radius 3 is 2.46 bits per heavy atom. The van der Waals surface area contributed by atoms with Crippen molar-refractivity contribution in [1.82, 2.24) is 9.29 Å². The minimum Gasteiger partial charge on any atom is -0.497 e. The van der Waals surface area contributed by atoms with Gasteiger partial charge in [-0.15, -0.1) is 0 Å². The van der Waals surface area contributed by atoms with Crippen molar-refractivity contribution in [3.63, 3.8) is 0 Å². The number of carbonyl (C=O) groups is 1. The first kappa shape index (κ1) is 20.6. The maximum atomic E-state index is 12.6. The standard InChI is InChI=1S/C19H23N3O4S2/c1-26-16-7-5-15(6-8-16)21-18(23)14-27-19-10-9-17(13-20-19)28(24,25)22-11-3-2-4-12-22/h5-10,13H,2-4,11-12,14H2,1H3,(H,21,23). The van der Waals surface area contributed by atoms with Crippen LogP contribution < -0.4 is 10.1 Å². The third-order valence-electron chi connectivity index (χ3n) is 4.39. The molecule has 0 unspecified atom stereocenters. The summed E-state index contributed by atoms with van der Waals surface area (Å²) >= 11 is 1.25. The summed E-state index contributed by atoms with van der Waals surface area (Å²) in [5, 5.41) is 3.40. The number of ether oxygens (including phenoxy) is 1. The second-order valence-electron chi connectivity index (χ2n) is 6.36. The average molecular weight is 422 g/mol. The van der Waals surface area contributed by atoms with E-state index in [2.05, 4.69) is 10.3 Å². The topological polar surface area (TPSA) is 88.6 Å². The van der Waals surface area contributed by atoms with Crippen molar-refractivity contribution in [2.24, 2.45) is 0 Å². The Kier molecular flexibility index (Phi) is 6.93. The van der Waals surface area contributed by atoms with Crippen molar-refractivity contribution >= 4 is 33.4 Å². The summed E-state index contributed by atoms with van der Waals surface area (Å²) < 4.78 is 31.8. The van der Waals surface area contributed by atoms with Crippen LogP contribution in [0.1, 0.15) is 19.3 Å². The molecule has 1 amide bonds. The molecule has 2 aromatic rings. The molecule has 150 valence electrons. The Morgan fingerprint density at radius 2 is 1.86 bits per heavy atom. The van der Waals surface area contributed by atoms with Crippen LogP contribution in [0.4, 0.5) is 5.69 Å². The predicted octanol–water partition coefficient (Wildman–Crippen LogP) is 3.00. The van der Waals surface area contributed by atoms with Crippen LogP contribution in [0.5, 0.6) is 5.75 Å². The zero-order chi connectivity index (χ0) is 20.0. The van der Waals surface area contributed by atoms with Crippen molar-refractivity contribution in [3.05, 3.63) is 42.6 Å². The molecule has 0 atom stereocenters. The number of sulfonamides is 1. The molecule has 0 bridgehead atoms. The van der Waals surface area contributed by atoms with Gasteiger partial charge in [-0.05, 0) is 49.2 Å². The van der Waals surface area contributed by atoms with E-state index in [-0.39, 0.29) is 16.6 Å². The fourth-order valence-electron chi connectivity index (χ4n) is 2.87. The van der Waals surface area contributed by atoms with E-state index in [9.17, 15) is 13.2 Å². The number of hydrogen-bond donors (Lipinski definition) is 1. The van der Waals surface area contributed by atoms with Crippen LogP contribution in [-0.2, 0) is 14.8 Å². The van der Waals surface area contributed by atoms with E-state index >= 15 is 0 Å². The van der Waals surface area contributed by atoms with E-state index in [1.807, 2.05) is 0 Å². The number of nitrogens with one attached hydrogen (secondary N) is 1. The van der Waals surface area contributed by atoms with E-state index < -0.39 is 10.0 Å². The van der Waals surface area contributed by atoms with Crippen molar-refractivity contribution in [2.75, 3.05) is 31.3 Å². The highest BCUT2D eigenvalue weighted by Crippen LogP contribution is 2.23. The largest absolute Gasteiger partial charge is 0.497 e. The maximum Gasteiger partial charge on any atom is 0.244 e. The number of amides is 1. The number of piperidine rings is 1. The summed E-state index contributed by atoms with van der Waals surface area (Å²) in [6, 6.07) is 10.3. The molecule has 28 heavy (non-hydrogen) atoms. The van der Waals surface area contributed by atoms with Gasteiger partial charge in [-0.25, -0.2) is 13.4 Å². The van der Waals surface area contributed by atoms with Crippen molar-refractivity contribution < 1.29 is 17.9 Å². The molecule has 3 rings (SSSR count). The number of methoxy groups -OCH3 is 1. The third-order valence-corrected chi connectivity index (χ3v) is 7.21. The van der Waals surface area contributed by atoms with Gasteiger partial charge < -0.3 is 10.1 Å². The molecule has 9 heteroatoms. The molecule has 0 saturated carbocycles. The number of thioether (sulfide) groups is 1. The Balaban J connectivity index is 1.54. The molecule has 1 aliphatic rings. The van der Waals surface area contributed by atoms with Crippen molar-refractivity contribution in [3.8, 4) is 5.75 Å². The Bertz CT molecular complexity index is 894. The Morgan fingerprint density at radius 1 is 1.14 bits per heavy atom. The Labute approximate surface area is 169 Å². The van der Waals surface area contributed by atoms with E-state index in [4.69, 9.17) is 4.74 Å². The second kappa shape index (κ2) is 9.40. The maximum absolute atomic E-state index is 12.6. The fourth-order valence-corrected chi connectivity index (χ4v) is 4.98. The van der Waals surface area contributed by atoms with Crippen molar-refractivity contribution in [2.45, 2.75) is 29.2 Å². The molecule has 0 spiro atoms. The molecular formula is C19H23N3O4S2. The molecule has 1 aromatic carbocycles. The van der Waals surface area contributed by atoms with Crippen LogP contribution >= 0.6 is 11.8 Å². The number of anilines is 1. The summed E-state index contributed by atoms with van der Waals surface area (Å²) in [4.78, 5) is 16.5. The number of carbonyl (C=O) groups excluding carboxylic acids is 1. The predicted molar refractivity (Wildman–Crippen MR) is 109 cm³/mol. The van der Waals surface area contributed by atoms with Gasteiger partial charge in [0.2, 0.25) is 15.9 Å². The zero-order valence-electron chi connectivity index (χ0n) is 15.6. The van der Waals surface area contributed by atoms with Gasteiger partial charge in [-0.2, -0.15) is 4.31 Å². The molecule has 2 heterocycles. The number of nitrogens with zero attached hydrogens (tertiary/aromatic N) is 2. The smallest absolute Gasteiger partial charge is 0.244 e. The molecule has 0 radical (unpaired) electrons. The highest BCUT2D eigenvalue weighted by Gasteiger charge is 2.26. The van der Waals surface area contributed by atoms with Crippen molar-refractivity contribution in [1.29, 1.82) is 0 Å². The van der Waals surface area contributed by atoms with Gasteiger partial charge in [0.15, 0.2) is 0 Å². The number of pyridine rings is 1. The zero-order valence-corrected chi connectivity index (χ0v) is 17.3. The number of aromatic nitrogens is 1. The van der Waals surface area contributed by atoms with Gasteiger partial charge in [-0.3, -0.25) is 4.79 Å². The number of hydrogen-bond acceptors (Lipinski definition) is 6. The average Bonchev–Trinajstić information content (AvgIpc) is 2.74. The molecule has 7 nitrogen and oxygen atoms in total. The second-order valence-corrected chi connectivity index (χ2v) is 9.30. The highest BCUT2D eigenvalue weighted by atomic mass is 32.2. The Hall–Kier alpha value is -2.10. The van der Waals surface area contributed by atoms with Crippen LogP contribution in [-0.4, -0.2) is 49.6 Å². The lowest BCUT2D eigenvalue weighted by Gasteiger charge is -2.25. The summed E-state index contributed by atoms with van der Waals surface area (Å²) in [7, 11) is -1.90. The van der Waals surface area contributed by atoms with E-state index in [0.29, 0.717) is 23.8 Å². The summed E-state index contributed by atoms with van der Waals surface area (Å²) in [6.45, 7) is 1.12.